The minimum atomic E-state index is -0.474. The van der Waals surface area contributed by atoms with Gasteiger partial charge in [0.1, 0.15) is 7.05 Å². The van der Waals surface area contributed by atoms with Crippen molar-refractivity contribution in [1.82, 2.24) is 4.98 Å². The Kier molecular flexibility index (Phi) is 4.03. The van der Waals surface area contributed by atoms with Crippen molar-refractivity contribution < 1.29 is 5.94 Å². The highest BCUT2D eigenvalue weighted by Gasteiger charge is 2.18. The van der Waals surface area contributed by atoms with Gasteiger partial charge < -0.3 is 0 Å². The Morgan fingerprint density at radius 3 is 2.44 bits per heavy atom. The molecule has 1 fully saturated rings. The van der Waals surface area contributed by atoms with Crippen LogP contribution in [0.2, 0.25) is 0 Å². The van der Waals surface area contributed by atoms with Crippen LogP contribution in [0.15, 0.2) is 60.9 Å². The number of rotatable bonds is 3. The Bertz CT molecular complexity index is 925. The van der Waals surface area contributed by atoms with Crippen molar-refractivity contribution in [3.63, 3.8) is 0 Å². The zero-order chi connectivity index (χ0) is 18.1. The maximum absolute atomic E-state index is 8.61. The van der Waals surface area contributed by atoms with Crippen LogP contribution in [0.5, 0.6) is 0 Å². The van der Waals surface area contributed by atoms with Gasteiger partial charge in [0, 0.05) is 41.9 Å². The van der Waals surface area contributed by atoms with Crippen molar-refractivity contribution in [3.05, 3.63) is 72.2 Å². The van der Waals surface area contributed by atoms with Crippen LogP contribution in [0.25, 0.3) is 22.4 Å². The minimum absolute atomic E-state index is 0.474. The number of nitrogens with zero attached hydrogens (tertiary/aromatic N) is 2. The summed E-state index contributed by atoms with van der Waals surface area (Å²) in [5, 5.41) is 0. The summed E-state index contributed by atoms with van der Waals surface area (Å²) < 4.78 is 10.8. The Morgan fingerprint density at radius 2 is 1.76 bits per heavy atom. The van der Waals surface area contributed by atoms with E-state index in [-0.39, 0.29) is 0 Å². The molecule has 1 aromatic carbocycles. The van der Waals surface area contributed by atoms with Crippen molar-refractivity contribution in [3.8, 4) is 22.4 Å². The van der Waals surface area contributed by atoms with Gasteiger partial charge in [-0.05, 0) is 43.5 Å². The van der Waals surface area contributed by atoms with Gasteiger partial charge in [-0.1, -0.05) is 37.1 Å². The number of aryl methyl sites for hydroxylation is 2. The molecule has 1 aliphatic carbocycles. The van der Waals surface area contributed by atoms with Gasteiger partial charge in [0.15, 0.2) is 6.20 Å². The van der Waals surface area contributed by atoms with Crippen molar-refractivity contribution in [2.24, 2.45) is 7.05 Å². The lowest BCUT2D eigenvalue weighted by atomic mass is 10.0. The first-order valence-electron chi connectivity index (χ1n) is 9.59. The lowest BCUT2D eigenvalue weighted by Crippen LogP contribution is -2.30. The van der Waals surface area contributed by atoms with Gasteiger partial charge in [-0.2, -0.15) is 0 Å². The highest BCUT2D eigenvalue weighted by molar-refractivity contribution is 5.65. The highest BCUT2D eigenvalue weighted by Crippen LogP contribution is 2.33. The molecule has 3 aromatic rings. The Morgan fingerprint density at radius 1 is 1.00 bits per heavy atom. The maximum atomic E-state index is 8.61. The first-order valence-corrected chi connectivity index (χ1v) is 9.09. The maximum Gasteiger partial charge on any atom is 0.212 e. The van der Waals surface area contributed by atoms with E-state index < -0.39 is 5.89 Å². The summed E-state index contributed by atoms with van der Waals surface area (Å²) in [6, 6.07) is 17.0. The molecule has 0 radical (unpaired) electrons. The van der Waals surface area contributed by atoms with E-state index in [9.17, 15) is 0 Å². The van der Waals surface area contributed by atoms with Gasteiger partial charge in [0.2, 0.25) is 5.69 Å². The van der Waals surface area contributed by atoms with E-state index in [1.165, 1.54) is 16.8 Å². The van der Waals surface area contributed by atoms with E-state index in [1.807, 2.05) is 12.3 Å². The molecule has 0 amide bonds. The SMILES string of the molecule is [2H]C1(c2ccc(-c3ccc(-c4ccccc4C)[n+](C)c3)cn2)CCCC1. The number of hydrogen-bond donors (Lipinski definition) is 0. The fourth-order valence-corrected chi connectivity index (χ4v) is 3.75. The van der Waals surface area contributed by atoms with Gasteiger partial charge in [-0.25, -0.2) is 4.57 Å². The van der Waals surface area contributed by atoms with Gasteiger partial charge in [0.05, 0.1) is 0 Å². The second-order valence-corrected chi connectivity index (χ2v) is 6.97. The zero-order valence-electron chi connectivity index (χ0n) is 16.0. The molecule has 2 nitrogen and oxygen atoms in total. The average Bonchev–Trinajstić information content (AvgIpc) is 3.10. The van der Waals surface area contributed by atoms with E-state index in [1.54, 1.807) is 0 Å². The van der Waals surface area contributed by atoms with Gasteiger partial charge >= 0.3 is 0 Å². The van der Waals surface area contributed by atoms with E-state index in [0.29, 0.717) is 0 Å². The standard InChI is InChI=1S/C23H25N2/c1-17-7-3-6-10-21(17)23-14-12-20(16-25(23)2)19-11-13-22(24-15-19)18-8-4-5-9-18/h3,6-7,10-16,18H,4-5,8-9H2,1-2H3/q+1/i18D. The minimum Gasteiger partial charge on any atom is -0.260 e. The van der Waals surface area contributed by atoms with E-state index >= 15 is 0 Å². The first kappa shape index (κ1) is 14.8. The fourth-order valence-electron chi connectivity index (χ4n) is 3.75. The smallest absolute Gasteiger partial charge is 0.212 e. The van der Waals surface area contributed by atoms with Crippen molar-refractivity contribution in [2.75, 3.05) is 0 Å². The number of aromatic nitrogens is 2. The molecule has 2 heteroatoms. The molecule has 2 aromatic heterocycles. The van der Waals surface area contributed by atoms with E-state index in [0.717, 1.165) is 42.5 Å². The molecule has 0 unspecified atom stereocenters. The summed E-state index contributed by atoms with van der Waals surface area (Å²) in [4.78, 5) is 4.64. The topological polar surface area (TPSA) is 16.8 Å². The molecule has 25 heavy (non-hydrogen) atoms. The van der Waals surface area contributed by atoms with Crippen molar-refractivity contribution >= 4 is 0 Å². The quantitative estimate of drug-likeness (QED) is 0.603. The largest absolute Gasteiger partial charge is 0.260 e. The molecule has 0 N–H and O–H groups in total. The lowest BCUT2D eigenvalue weighted by Gasteiger charge is -2.09. The summed E-state index contributed by atoms with van der Waals surface area (Å²) in [5.74, 6) is -0.474. The van der Waals surface area contributed by atoms with Crippen LogP contribution in [-0.2, 0) is 7.05 Å². The predicted octanol–water partition coefficient (Wildman–Crippen LogP) is 5.21. The molecule has 126 valence electrons. The second-order valence-electron chi connectivity index (χ2n) is 6.97. The summed E-state index contributed by atoms with van der Waals surface area (Å²) >= 11 is 0. The van der Waals surface area contributed by atoms with Crippen LogP contribution in [0.4, 0.5) is 0 Å². The average molecular weight is 330 g/mol. The molecule has 0 spiro atoms. The Hall–Kier alpha value is -2.48. The third kappa shape index (κ3) is 3.21. The lowest BCUT2D eigenvalue weighted by molar-refractivity contribution is -0.659. The highest BCUT2D eigenvalue weighted by atomic mass is 14.9. The van der Waals surface area contributed by atoms with Crippen LogP contribution >= 0.6 is 0 Å². The molecule has 0 aliphatic heterocycles. The molecular weight excluding hydrogens is 304 g/mol. The van der Waals surface area contributed by atoms with Gasteiger partial charge in [-0.15, -0.1) is 0 Å². The van der Waals surface area contributed by atoms with Crippen LogP contribution in [-0.4, -0.2) is 4.98 Å². The zero-order valence-corrected chi connectivity index (χ0v) is 15.0. The normalized spacial score (nSPS) is 16.6. The van der Waals surface area contributed by atoms with E-state index in [2.05, 4.69) is 72.2 Å². The third-order valence-corrected chi connectivity index (χ3v) is 5.22. The molecule has 1 aliphatic rings. The summed E-state index contributed by atoms with van der Waals surface area (Å²) in [7, 11) is 2.09. The summed E-state index contributed by atoms with van der Waals surface area (Å²) in [5.41, 5.74) is 6.90. The molecule has 1 saturated carbocycles. The van der Waals surface area contributed by atoms with Crippen molar-refractivity contribution in [1.29, 1.82) is 0 Å². The summed E-state index contributed by atoms with van der Waals surface area (Å²) in [6.45, 7) is 2.14. The number of hydrogen-bond acceptors (Lipinski definition) is 1. The molecule has 0 bridgehead atoms. The van der Waals surface area contributed by atoms with Gasteiger partial charge in [0.25, 0.3) is 0 Å². The van der Waals surface area contributed by atoms with E-state index in [4.69, 9.17) is 1.37 Å². The molecule has 4 rings (SSSR count). The number of benzene rings is 1. The molecule has 0 atom stereocenters. The van der Waals surface area contributed by atoms with Crippen molar-refractivity contribution in [2.45, 2.75) is 38.5 Å². The Balaban J connectivity index is 1.65. The molecule has 2 heterocycles. The van der Waals surface area contributed by atoms with Crippen LogP contribution in [0.3, 0.4) is 0 Å². The number of pyridine rings is 2. The van der Waals surface area contributed by atoms with Crippen LogP contribution < -0.4 is 4.57 Å². The van der Waals surface area contributed by atoms with Crippen LogP contribution in [0.1, 0.15) is 44.2 Å². The Labute approximate surface area is 151 Å². The molecule has 0 saturated heterocycles. The first-order chi connectivity index (χ1) is 12.6. The van der Waals surface area contributed by atoms with Crippen LogP contribution in [0, 0.1) is 6.92 Å². The second kappa shape index (κ2) is 6.79. The monoisotopic (exact) mass is 330 g/mol. The van der Waals surface area contributed by atoms with Gasteiger partial charge in [-0.3, -0.25) is 4.98 Å². The molecular formula is C23H25N2+. The third-order valence-electron chi connectivity index (χ3n) is 5.22. The fraction of sp³-hybridized carbons (Fsp3) is 0.304. The summed E-state index contributed by atoms with van der Waals surface area (Å²) in [6.07, 6.45) is 8.22. The predicted molar refractivity (Wildman–Crippen MR) is 102 cm³/mol.